The number of ether oxygens (including phenoxy) is 1. The van der Waals surface area contributed by atoms with Crippen LogP contribution in [0.25, 0.3) is 0 Å². The van der Waals surface area contributed by atoms with Crippen molar-refractivity contribution in [3.8, 4) is 0 Å². The topological polar surface area (TPSA) is 88.5 Å². The van der Waals surface area contributed by atoms with Crippen molar-refractivity contribution in [2.24, 2.45) is 0 Å². The van der Waals surface area contributed by atoms with Crippen LogP contribution < -0.4 is 5.32 Å². The number of aliphatic carboxylic acids is 1. The molecule has 1 atom stereocenters. The minimum atomic E-state index is -1.12. The van der Waals surface area contributed by atoms with E-state index in [0.717, 1.165) is 0 Å². The summed E-state index contributed by atoms with van der Waals surface area (Å²) in [6.07, 6.45) is 3.07. The fraction of sp³-hybridized carbons (Fsp3) is 0.364. The Morgan fingerprint density at radius 1 is 1.59 bits per heavy atom. The molecule has 2 N–H and O–H groups in total. The van der Waals surface area contributed by atoms with Gasteiger partial charge in [0.15, 0.2) is 6.04 Å². The number of hydrogen-bond acceptors (Lipinski definition) is 4. The molecule has 0 radical (unpaired) electrons. The molecule has 6 nitrogen and oxygen atoms in total. The molecule has 17 heavy (non-hydrogen) atoms. The molecule has 92 valence electrons. The summed E-state index contributed by atoms with van der Waals surface area (Å²) in [6, 6.07) is 2.14. The van der Waals surface area contributed by atoms with Crippen molar-refractivity contribution in [1.29, 1.82) is 0 Å². The highest BCUT2D eigenvalue weighted by Gasteiger charge is 2.21. The first-order chi connectivity index (χ1) is 8.15. The van der Waals surface area contributed by atoms with Gasteiger partial charge in [0.25, 0.3) is 0 Å². The first kappa shape index (κ1) is 13.1. The molecule has 1 unspecified atom stereocenters. The van der Waals surface area contributed by atoms with Gasteiger partial charge in [-0.1, -0.05) is 6.07 Å². The molecular formula is C11H14N2O4. The second kappa shape index (κ2) is 6.59. The number of methoxy groups -OCH3 is 1. The van der Waals surface area contributed by atoms with Crippen molar-refractivity contribution in [3.05, 3.63) is 30.1 Å². The van der Waals surface area contributed by atoms with Gasteiger partial charge in [-0.3, -0.25) is 9.78 Å². The number of aromatic nitrogens is 1. The van der Waals surface area contributed by atoms with Crippen LogP contribution >= 0.6 is 0 Å². The Morgan fingerprint density at radius 3 is 2.88 bits per heavy atom. The third kappa shape index (κ3) is 4.20. The summed E-state index contributed by atoms with van der Waals surface area (Å²) in [5.41, 5.74) is 0.436. The van der Waals surface area contributed by atoms with Crippen LogP contribution in [-0.2, 0) is 14.3 Å². The lowest BCUT2D eigenvalue weighted by Crippen LogP contribution is -2.34. The molecular weight excluding hydrogens is 224 g/mol. The summed E-state index contributed by atoms with van der Waals surface area (Å²) in [5, 5.41) is 11.4. The first-order valence-electron chi connectivity index (χ1n) is 5.06. The van der Waals surface area contributed by atoms with Crippen LogP contribution in [0, 0.1) is 0 Å². The summed E-state index contributed by atoms with van der Waals surface area (Å²) in [7, 11) is 1.48. The number of hydrogen-bond donors (Lipinski definition) is 2. The van der Waals surface area contributed by atoms with Gasteiger partial charge in [-0.25, -0.2) is 4.79 Å². The lowest BCUT2D eigenvalue weighted by molar-refractivity contribution is -0.142. The number of pyridine rings is 1. The minimum Gasteiger partial charge on any atom is -0.479 e. The van der Waals surface area contributed by atoms with Crippen LogP contribution in [0.3, 0.4) is 0 Å². The van der Waals surface area contributed by atoms with Crippen LogP contribution in [0.4, 0.5) is 0 Å². The Balaban J connectivity index is 2.68. The van der Waals surface area contributed by atoms with E-state index in [4.69, 9.17) is 9.84 Å². The summed E-state index contributed by atoms with van der Waals surface area (Å²) >= 11 is 0. The van der Waals surface area contributed by atoms with Gasteiger partial charge in [-0.15, -0.1) is 0 Å². The largest absolute Gasteiger partial charge is 0.479 e. The summed E-state index contributed by atoms with van der Waals surface area (Å²) in [4.78, 5) is 26.3. The number of carbonyl (C=O) groups excluding carboxylic acids is 1. The monoisotopic (exact) mass is 238 g/mol. The highest BCUT2D eigenvalue weighted by Crippen LogP contribution is 2.11. The van der Waals surface area contributed by atoms with Gasteiger partial charge in [0.1, 0.15) is 0 Å². The standard InChI is InChI=1S/C11H14N2O4/c1-17-6-4-9(14)13-10(11(15)16)8-3-2-5-12-7-8/h2-3,5,7,10H,4,6H2,1H3,(H,13,14)(H,15,16). The van der Waals surface area contributed by atoms with E-state index in [1.54, 1.807) is 12.1 Å². The van der Waals surface area contributed by atoms with Crippen LogP contribution in [-0.4, -0.2) is 35.7 Å². The Labute approximate surface area is 98.6 Å². The molecule has 0 saturated carbocycles. The quantitative estimate of drug-likeness (QED) is 0.747. The number of carboxylic acids is 1. The molecule has 1 aromatic heterocycles. The van der Waals surface area contributed by atoms with Crippen LogP contribution in [0.5, 0.6) is 0 Å². The van der Waals surface area contributed by atoms with Crippen molar-refractivity contribution in [2.75, 3.05) is 13.7 Å². The molecule has 0 fully saturated rings. The molecule has 0 aliphatic heterocycles. The number of carboxylic acid groups (broad SMARTS) is 1. The SMILES string of the molecule is COCCC(=O)NC(C(=O)O)c1cccnc1. The van der Waals surface area contributed by atoms with Crippen molar-refractivity contribution in [3.63, 3.8) is 0 Å². The number of nitrogens with one attached hydrogen (secondary N) is 1. The smallest absolute Gasteiger partial charge is 0.330 e. The maximum Gasteiger partial charge on any atom is 0.330 e. The van der Waals surface area contributed by atoms with E-state index in [1.165, 1.54) is 19.5 Å². The molecule has 0 saturated heterocycles. The highest BCUT2D eigenvalue weighted by atomic mass is 16.5. The van der Waals surface area contributed by atoms with Crippen molar-refractivity contribution in [1.82, 2.24) is 10.3 Å². The molecule has 1 amide bonds. The third-order valence-corrected chi connectivity index (χ3v) is 2.10. The molecule has 1 aromatic rings. The maximum atomic E-state index is 11.4. The Kier molecular flexibility index (Phi) is 5.09. The molecule has 0 aliphatic carbocycles. The average molecular weight is 238 g/mol. The molecule has 1 rings (SSSR count). The van der Waals surface area contributed by atoms with Crippen molar-refractivity contribution < 1.29 is 19.4 Å². The molecule has 0 bridgehead atoms. The van der Waals surface area contributed by atoms with E-state index in [2.05, 4.69) is 10.3 Å². The zero-order chi connectivity index (χ0) is 12.7. The number of amides is 1. The molecule has 1 heterocycles. The second-order valence-electron chi connectivity index (χ2n) is 3.37. The van der Waals surface area contributed by atoms with Gasteiger partial charge in [0.2, 0.25) is 5.91 Å². The fourth-order valence-electron chi connectivity index (χ4n) is 1.26. The van der Waals surface area contributed by atoms with E-state index in [0.29, 0.717) is 5.56 Å². The Morgan fingerprint density at radius 2 is 2.35 bits per heavy atom. The van der Waals surface area contributed by atoms with E-state index in [9.17, 15) is 9.59 Å². The molecule has 6 heteroatoms. The van der Waals surface area contributed by atoms with Gasteiger partial charge in [-0.05, 0) is 6.07 Å². The zero-order valence-electron chi connectivity index (χ0n) is 9.42. The summed E-state index contributed by atoms with van der Waals surface area (Å²) in [5.74, 6) is -1.49. The molecule has 0 aromatic carbocycles. The van der Waals surface area contributed by atoms with Crippen LogP contribution in [0.2, 0.25) is 0 Å². The third-order valence-electron chi connectivity index (χ3n) is 2.10. The van der Waals surface area contributed by atoms with E-state index in [1.807, 2.05) is 0 Å². The van der Waals surface area contributed by atoms with Gasteiger partial charge in [0, 0.05) is 31.5 Å². The number of carbonyl (C=O) groups is 2. The first-order valence-corrected chi connectivity index (χ1v) is 5.06. The average Bonchev–Trinajstić information content (AvgIpc) is 2.34. The predicted molar refractivity (Wildman–Crippen MR) is 59.2 cm³/mol. The van der Waals surface area contributed by atoms with Gasteiger partial charge < -0.3 is 15.2 Å². The van der Waals surface area contributed by atoms with Crippen LogP contribution in [0.15, 0.2) is 24.5 Å². The predicted octanol–water partition coefficient (Wildman–Crippen LogP) is 0.360. The second-order valence-corrected chi connectivity index (χ2v) is 3.37. The molecule has 0 aliphatic rings. The Bertz CT molecular complexity index is 380. The minimum absolute atomic E-state index is 0.126. The fourth-order valence-corrected chi connectivity index (χ4v) is 1.26. The maximum absolute atomic E-state index is 11.4. The summed E-state index contributed by atoms with van der Waals surface area (Å²) < 4.78 is 4.74. The number of nitrogens with zero attached hydrogens (tertiary/aromatic N) is 1. The van der Waals surface area contributed by atoms with E-state index < -0.39 is 12.0 Å². The van der Waals surface area contributed by atoms with Gasteiger partial charge in [0.05, 0.1) is 6.61 Å². The zero-order valence-corrected chi connectivity index (χ0v) is 9.42. The molecule has 0 spiro atoms. The van der Waals surface area contributed by atoms with Crippen LogP contribution in [0.1, 0.15) is 18.0 Å². The van der Waals surface area contributed by atoms with Gasteiger partial charge >= 0.3 is 5.97 Å². The normalized spacial score (nSPS) is 11.8. The van der Waals surface area contributed by atoms with Crippen molar-refractivity contribution >= 4 is 11.9 Å². The van der Waals surface area contributed by atoms with E-state index >= 15 is 0 Å². The summed E-state index contributed by atoms with van der Waals surface area (Å²) in [6.45, 7) is 0.255. The highest BCUT2D eigenvalue weighted by molar-refractivity contribution is 5.84. The van der Waals surface area contributed by atoms with Crippen molar-refractivity contribution in [2.45, 2.75) is 12.5 Å². The van der Waals surface area contributed by atoms with E-state index in [-0.39, 0.29) is 18.9 Å². The lowest BCUT2D eigenvalue weighted by Gasteiger charge is -2.14. The lowest BCUT2D eigenvalue weighted by atomic mass is 10.1. The Hall–Kier alpha value is -1.95. The van der Waals surface area contributed by atoms with Gasteiger partial charge in [-0.2, -0.15) is 0 Å². The number of rotatable bonds is 6.